The zero-order chi connectivity index (χ0) is 19.7. The van der Waals surface area contributed by atoms with Gasteiger partial charge in [-0.15, -0.1) is 0 Å². The summed E-state index contributed by atoms with van der Waals surface area (Å²) in [5.41, 5.74) is 1.02. The minimum Gasteiger partial charge on any atom is -0.495 e. The van der Waals surface area contributed by atoms with Gasteiger partial charge in [0.2, 0.25) is 5.91 Å². The molecule has 1 aliphatic rings. The maximum atomic E-state index is 13.3. The van der Waals surface area contributed by atoms with Gasteiger partial charge in [0.1, 0.15) is 5.75 Å². The van der Waals surface area contributed by atoms with E-state index in [-0.39, 0.29) is 22.8 Å². The Bertz CT molecular complexity index is 1090. The summed E-state index contributed by atoms with van der Waals surface area (Å²) >= 11 is 1.28. The van der Waals surface area contributed by atoms with Crippen LogP contribution in [0.3, 0.4) is 0 Å². The summed E-state index contributed by atoms with van der Waals surface area (Å²) in [5, 5.41) is 3.61. The van der Waals surface area contributed by atoms with Crippen molar-refractivity contribution in [2.45, 2.75) is 36.2 Å². The Morgan fingerprint density at radius 1 is 1.21 bits per heavy atom. The van der Waals surface area contributed by atoms with Crippen LogP contribution in [0.25, 0.3) is 16.6 Å². The lowest BCUT2D eigenvalue weighted by Crippen LogP contribution is -2.33. The van der Waals surface area contributed by atoms with Gasteiger partial charge in [-0.2, -0.15) is 0 Å². The summed E-state index contributed by atoms with van der Waals surface area (Å²) in [7, 11) is 1.57. The Labute approximate surface area is 166 Å². The highest BCUT2D eigenvalue weighted by Gasteiger charge is 2.27. The summed E-state index contributed by atoms with van der Waals surface area (Å²) in [4.78, 5) is 30.5. The third-order valence-electron chi connectivity index (χ3n) is 4.65. The lowest BCUT2D eigenvalue weighted by atomic mass is 10.2. The van der Waals surface area contributed by atoms with Gasteiger partial charge in [0.15, 0.2) is 5.16 Å². The molecular weight excluding hydrogens is 374 g/mol. The van der Waals surface area contributed by atoms with Gasteiger partial charge in [0, 0.05) is 6.04 Å². The van der Waals surface area contributed by atoms with Gasteiger partial charge in [-0.05, 0) is 44.0 Å². The Morgan fingerprint density at radius 3 is 2.68 bits per heavy atom. The van der Waals surface area contributed by atoms with Crippen molar-refractivity contribution in [1.82, 2.24) is 14.9 Å². The van der Waals surface area contributed by atoms with Gasteiger partial charge in [-0.1, -0.05) is 36.0 Å². The van der Waals surface area contributed by atoms with Crippen LogP contribution in [0.1, 0.15) is 19.8 Å². The zero-order valence-corrected chi connectivity index (χ0v) is 16.5. The third-order valence-corrected chi connectivity index (χ3v) is 5.70. The first kappa shape index (κ1) is 18.6. The summed E-state index contributed by atoms with van der Waals surface area (Å²) < 4.78 is 6.99. The molecule has 1 N–H and O–H groups in total. The number of hydrogen-bond donors (Lipinski definition) is 1. The number of rotatable bonds is 6. The van der Waals surface area contributed by atoms with Gasteiger partial charge >= 0.3 is 0 Å². The van der Waals surface area contributed by atoms with Crippen LogP contribution in [0.5, 0.6) is 5.75 Å². The van der Waals surface area contributed by atoms with Gasteiger partial charge < -0.3 is 10.1 Å². The molecule has 0 bridgehead atoms. The second kappa shape index (κ2) is 7.67. The van der Waals surface area contributed by atoms with E-state index in [0.29, 0.717) is 27.5 Å². The molecule has 1 heterocycles. The predicted molar refractivity (Wildman–Crippen MR) is 110 cm³/mol. The van der Waals surface area contributed by atoms with Crippen LogP contribution in [0.4, 0.5) is 0 Å². The minimum atomic E-state index is -0.380. The molecule has 0 spiro atoms. The van der Waals surface area contributed by atoms with Gasteiger partial charge in [0.25, 0.3) is 5.56 Å². The van der Waals surface area contributed by atoms with Crippen molar-refractivity contribution in [1.29, 1.82) is 0 Å². The van der Waals surface area contributed by atoms with Crippen molar-refractivity contribution in [3.8, 4) is 11.4 Å². The van der Waals surface area contributed by atoms with Crippen LogP contribution in [-0.2, 0) is 4.79 Å². The van der Waals surface area contributed by atoms with Crippen molar-refractivity contribution in [2.75, 3.05) is 7.11 Å². The molecule has 1 aromatic heterocycles. The molecule has 1 aliphatic carbocycles. The average molecular weight is 395 g/mol. The van der Waals surface area contributed by atoms with E-state index in [0.717, 1.165) is 12.8 Å². The van der Waals surface area contributed by atoms with Gasteiger partial charge in [0.05, 0.1) is 29.0 Å². The number of methoxy groups -OCH3 is 1. The first-order valence-electron chi connectivity index (χ1n) is 9.20. The number of aromatic nitrogens is 2. The summed E-state index contributed by atoms with van der Waals surface area (Å²) in [5.74, 6) is 0.528. The normalized spacial score (nSPS) is 14.6. The molecule has 0 unspecified atom stereocenters. The zero-order valence-electron chi connectivity index (χ0n) is 15.7. The van der Waals surface area contributed by atoms with E-state index >= 15 is 0 Å². The van der Waals surface area contributed by atoms with Crippen LogP contribution in [0, 0.1) is 0 Å². The molecule has 28 heavy (non-hydrogen) atoms. The van der Waals surface area contributed by atoms with Gasteiger partial charge in [-0.3, -0.25) is 14.2 Å². The number of carbonyl (C=O) groups is 1. The van der Waals surface area contributed by atoms with Crippen molar-refractivity contribution in [3.63, 3.8) is 0 Å². The fourth-order valence-corrected chi connectivity index (χ4v) is 3.91. The maximum absolute atomic E-state index is 13.3. The Balaban J connectivity index is 1.83. The molecule has 7 heteroatoms. The van der Waals surface area contributed by atoms with Gasteiger partial charge in [-0.25, -0.2) is 4.98 Å². The lowest BCUT2D eigenvalue weighted by molar-refractivity contribution is -0.120. The fraction of sp³-hybridized carbons (Fsp3) is 0.286. The van der Waals surface area contributed by atoms with Crippen LogP contribution < -0.4 is 15.6 Å². The molecule has 4 rings (SSSR count). The lowest BCUT2D eigenvalue weighted by Gasteiger charge is -2.18. The second-order valence-electron chi connectivity index (χ2n) is 6.77. The number of thioether (sulfide) groups is 1. The van der Waals surface area contributed by atoms with E-state index in [4.69, 9.17) is 9.72 Å². The third kappa shape index (κ3) is 3.62. The highest BCUT2D eigenvalue weighted by molar-refractivity contribution is 8.00. The summed E-state index contributed by atoms with van der Waals surface area (Å²) in [6.07, 6.45) is 2.06. The highest BCUT2D eigenvalue weighted by Crippen LogP contribution is 2.29. The van der Waals surface area contributed by atoms with E-state index in [1.165, 1.54) is 16.3 Å². The van der Waals surface area contributed by atoms with Crippen LogP contribution >= 0.6 is 11.8 Å². The molecule has 144 valence electrons. The Kier molecular flexibility index (Phi) is 5.09. The van der Waals surface area contributed by atoms with E-state index in [9.17, 15) is 9.59 Å². The number of carbonyl (C=O) groups excluding carboxylic acids is 1. The van der Waals surface area contributed by atoms with Crippen LogP contribution in [-0.4, -0.2) is 33.9 Å². The van der Waals surface area contributed by atoms with E-state index in [1.807, 2.05) is 43.3 Å². The van der Waals surface area contributed by atoms with E-state index in [2.05, 4.69) is 5.32 Å². The fourth-order valence-electron chi connectivity index (χ4n) is 2.98. The number of hydrogen-bond acceptors (Lipinski definition) is 5. The maximum Gasteiger partial charge on any atom is 0.266 e. The number of nitrogens with zero attached hydrogens (tertiary/aromatic N) is 2. The monoisotopic (exact) mass is 395 g/mol. The molecular formula is C21H21N3O3S. The smallest absolute Gasteiger partial charge is 0.266 e. The first-order chi connectivity index (χ1) is 13.6. The molecule has 0 radical (unpaired) electrons. The van der Waals surface area contributed by atoms with E-state index in [1.54, 1.807) is 19.2 Å². The molecule has 1 amide bonds. The largest absolute Gasteiger partial charge is 0.495 e. The van der Waals surface area contributed by atoms with Crippen molar-refractivity contribution < 1.29 is 9.53 Å². The predicted octanol–water partition coefficient (Wildman–Crippen LogP) is 3.15. The number of benzene rings is 2. The second-order valence-corrected chi connectivity index (χ2v) is 8.07. The van der Waals surface area contributed by atoms with Crippen molar-refractivity contribution in [3.05, 3.63) is 58.9 Å². The number of para-hydroxylation sites is 3. The number of fused-ring (bicyclic) bond motifs is 1. The molecule has 6 nitrogen and oxygen atoms in total. The average Bonchev–Trinajstić information content (AvgIpc) is 3.52. The molecule has 0 saturated heterocycles. The van der Waals surface area contributed by atoms with Crippen molar-refractivity contribution >= 4 is 28.6 Å². The molecule has 1 fully saturated rings. The number of nitrogens with one attached hydrogen (secondary N) is 1. The number of ether oxygens (including phenoxy) is 1. The molecule has 1 atom stereocenters. The Morgan fingerprint density at radius 2 is 1.93 bits per heavy atom. The van der Waals surface area contributed by atoms with Crippen molar-refractivity contribution in [2.24, 2.45) is 0 Å². The Hall–Kier alpha value is -2.80. The SMILES string of the molecule is COc1ccccc1-n1c(S[C@@H](C)C(=O)NC2CC2)nc2ccccc2c1=O. The first-order valence-corrected chi connectivity index (χ1v) is 10.1. The molecule has 2 aromatic carbocycles. The minimum absolute atomic E-state index is 0.0403. The highest BCUT2D eigenvalue weighted by atomic mass is 32.2. The number of amides is 1. The summed E-state index contributed by atoms with van der Waals surface area (Å²) in [6.45, 7) is 1.83. The quantitative estimate of drug-likeness (QED) is 0.513. The summed E-state index contributed by atoms with van der Waals surface area (Å²) in [6, 6.07) is 14.8. The molecule has 1 saturated carbocycles. The molecule has 0 aliphatic heterocycles. The standard InChI is InChI=1S/C21H21N3O3S/c1-13(19(25)22-14-11-12-14)28-21-23-16-8-4-3-7-15(16)20(26)24(21)17-9-5-6-10-18(17)27-2/h3-10,13-14H,11-12H2,1-2H3,(H,22,25)/t13-/m0/s1. The van der Waals surface area contributed by atoms with Crippen LogP contribution in [0.15, 0.2) is 58.5 Å². The van der Waals surface area contributed by atoms with Crippen LogP contribution in [0.2, 0.25) is 0 Å². The van der Waals surface area contributed by atoms with E-state index < -0.39 is 0 Å². The topological polar surface area (TPSA) is 73.2 Å². The molecule has 3 aromatic rings.